The Morgan fingerprint density at radius 3 is 2.53 bits per heavy atom. The summed E-state index contributed by atoms with van der Waals surface area (Å²) in [5.74, 6) is 0.225. The Morgan fingerprint density at radius 2 is 1.88 bits per heavy atom. The van der Waals surface area contributed by atoms with E-state index in [4.69, 9.17) is 4.74 Å². The van der Waals surface area contributed by atoms with Crippen molar-refractivity contribution in [2.75, 3.05) is 32.8 Å². The predicted octanol–water partition coefficient (Wildman–Crippen LogP) is 1.18. The number of rotatable bonds is 6. The van der Waals surface area contributed by atoms with Crippen LogP contribution in [0.15, 0.2) is 0 Å². The number of ether oxygens (including phenoxy) is 1. The lowest BCUT2D eigenvalue weighted by molar-refractivity contribution is -0.117. The summed E-state index contributed by atoms with van der Waals surface area (Å²) < 4.78 is 5.16. The number of hydrogen-bond acceptors (Lipinski definition) is 4. The molecule has 1 N–H and O–H groups in total. The molecule has 0 aromatic rings. The molecule has 0 spiro atoms. The molecular formula is C12H22N2O3. The van der Waals surface area contributed by atoms with Crippen LogP contribution >= 0.6 is 0 Å². The third-order valence-electron chi connectivity index (χ3n) is 2.77. The molecule has 0 aliphatic carbocycles. The van der Waals surface area contributed by atoms with Gasteiger partial charge in [-0.15, -0.1) is 0 Å². The van der Waals surface area contributed by atoms with Gasteiger partial charge in [-0.3, -0.25) is 0 Å². The topological polar surface area (TPSA) is 58.6 Å². The number of piperazine rings is 1. The molecule has 0 aromatic carbocycles. The van der Waals surface area contributed by atoms with E-state index < -0.39 is 0 Å². The summed E-state index contributed by atoms with van der Waals surface area (Å²) in [4.78, 5) is 24.0. The van der Waals surface area contributed by atoms with Crippen LogP contribution in [0.4, 0.5) is 4.79 Å². The van der Waals surface area contributed by atoms with Gasteiger partial charge in [0.1, 0.15) is 5.78 Å². The molecule has 1 heterocycles. The Bertz CT molecular complexity index is 250. The van der Waals surface area contributed by atoms with Crippen molar-refractivity contribution in [3.8, 4) is 0 Å². The molecule has 5 heteroatoms. The molecule has 17 heavy (non-hydrogen) atoms. The second-order valence-electron chi connectivity index (χ2n) is 4.36. The van der Waals surface area contributed by atoms with Crippen LogP contribution in [0.5, 0.6) is 0 Å². The Morgan fingerprint density at radius 1 is 1.18 bits per heavy atom. The average Bonchev–Trinajstić information content (AvgIpc) is 2.34. The lowest BCUT2D eigenvalue weighted by atomic mass is 10.1. The van der Waals surface area contributed by atoms with Gasteiger partial charge in [-0.2, -0.15) is 0 Å². The maximum Gasteiger partial charge on any atom is 0.409 e. The van der Waals surface area contributed by atoms with Crippen LogP contribution in [0, 0.1) is 0 Å². The fourth-order valence-corrected chi connectivity index (χ4v) is 1.75. The monoisotopic (exact) mass is 242 g/mol. The molecular weight excluding hydrogens is 220 g/mol. The smallest absolute Gasteiger partial charge is 0.409 e. The largest absolute Gasteiger partial charge is 0.449 e. The van der Waals surface area contributed by atoms with Crippen LogP contribution in [0.25, 0.3) is 0 Å². The zero-order valence-electron chi connectivity index (χ0n) is 10.5. The van der Waals surface area contributed by atoms with Crippen LogP contribution in [0.1, 0.15) is 32.6 Å². The first kappa shape index (κ1) is 14.0. The van der Waals surface area contributed by atoms with E-state index in [1.54, 1.807) is 11.8 Å². The number of carbonyl (C=O) groups is 2. The Balaban J connectivity index is 1.98. The number of nitrogens with one attached hydrogen (secondary N) is 1. The van der Waals surface area contributed by atoms with Crippen molar-refractivity contribution in [2.45, 2.75) is 32.6 Å². The highest BCUT2D eigenvalue weighted by Crippen LogP contribution is 2.02. The van der Waals surface area contributed by atoms with Crippen LogP contribution in [-0.2, 0) is 9.53 Å². The molecule has 5 nitrogen and oxygen atoms in total. The Labute approximate surface area is 102 Å². The summed E-state index contributed by atoms with van der Waals surface area (Å²) in [5, 5.41) is 3.18. The lowest BCUT2D eigenvalue weighted by Crippen LogP contribution is -2.46. The van der Waals surface area contributed by atoms with Gasteiger partial charge in [-0.25, -0.2) is 4.79 Å². The summed E-state index contributed by atoms with van der Waals surface area (Å²) in [5.41, 5.74) is 0. The predicted molar refractivity (Wildman–Crippen MR) is 64.9 cm³/mol. The molecule has 0 bridgehead atoms. The molecule has 0 unspecified atom stereocenters. The van der Waals surface area contributed by atoms with Gasteiger partial charge in [0.25, 0.3) is 0 Å². The van der Waals surface area contributed by atoms with Gasteiger partial charge in [0.05, 0.1) is 6.61 Å². The number of amides is 1. The maximum absolute atomic E-state index is 11.6. The highest BCUT2D eigenvalue weighted by molar-refractivity contribution is 5.75. The fraction of sp³-hybridized carbons (Fsp3) is 0.833. The Hall–Kier alpha value is -1.10. The van der Waals surface area contributed by atoms with E-state index in [2.05, 4.69) is 5.32 Å². The first-order valence-corrected chi connectivity index (χ1v) is 6.32. The van der Waals surface area contributed by atoms with Gasteiger partial charge >= 0.3 is 6.09 Å². The number of carbonyl (C=O) groups excluding carboxylic acids is 2. The molecule has 1 fully saturated rings. The number of Topliss-reactive ketones (excluding diaryl/α,β-unsaturated/α-hetero) is 1. The standard InChI is InChI=1S/C12H22N2O3/c1-11(15)5-3-2-4-10-17-12(16)14-8-6-13-7-9-14/h13H,2-10H2,1H3. The molecule has 0 aromatic heterocycles. The van der Waals surface area contributed by atoms with Gasteiger partial charge in [-0.1, -0.05) is 0 Å². The van der Waals surface area contributed by atoms with Gasteiger partial charge in [0.2, 0.25) is 0 Å². The molecule has 1 aliphatic heterocycles. The summed E-state index contributed by atoms with van der Waals surface area (Å²) in [7, 11) is 0. The van der Waals surface area contributed by atoms with Crippen molar-refractivity contribution >= 4 is 11.9 Å². The molecule has 1 aliphatic rings. The highest BCUT2D eigenvalue weighted by atomic mass is 16.6. The molecule has 0 radical (unpaired) electrons. The van der Waals surface area contributed by atoms with Crippen molar-refractivity contribution in [1.82, 2.24) is 10.2 Å². The van der Waals surface area contributed by atoms with Crippen molar-refractivity contribution in [3.63, 3.8) is 0 Å². The molecule has 1 rings (SSSR count). The molecule has 98 valence electrons. The van der Waals surface area contributed by atoms with Crippen molar-refractivity contribution in [3.05, 3.63) is 0 Å². The highest BCUT2D eigenvalue weighted by Gasteiger charge is 2.16. The normalized spacial score (nSPS) is 15.7. The van der Waals surface area contributed by atoms with Crippen molar-refractivity contribution < 1.29 is 14.3 Å². The molecule has 0 atom stereocenters. The van der Waals surface area contributed by atoms with Gasteiger partial charge in [0, 0.05) is 32.6 Å². The summed E-state index contributed by atoms with van der Waals surface area (Å²) in [6.07, 6.45) is 3.09. The minimum absolute atomic E-state index is 0.210. The fourth-order valence-electron chi connectivity index (χ4n) is 1.75. The lowest BCUT2D eigenvalue weighted by Gasteiger charge is -2.26. The second kappa shape index (κ2) is 8.06. The van der Waals surface area contributed by atoms with Gasteiger partial charge < -0.3 is 19.7 Å². The number of ketones is 1. The van der Waals surface area contributed by atoms with E-state index in [9.17, 15) is 9.59 Å². The van der Waals surface area contributed by atoms with E-state index in [0.717, 1.165) is 45.4 Å². The second-order valence-corrected chi connectivity index (χ2v) is 4.36. The molecule has 1 amide bonds. The SMILES string of the molecule is CC(=O)CCCCCOC(=O)N1CCNCC1. The Kier molecular flexibility index (Phi) is 6.62. The number of hydrogen-bond donors (Lipinski definition) is 1. The first-order chi connectivity index (χ1) is 8.20. The summed E-state index contributed by atoms with van der Waals surface area (Å²) in [6.45, 7) is 5.19. The number of unbranched alkanes of at least 4 members (excludes halogenated alkanes) is 2. The average molecular weight is 242 g/mol. The van der Waals surface area contributed by atoms with E-state index in [1.165, 1.54) is 0 Å². The third kappa shape index (κ3) is 6.26. The third-order valence-corrected chi connectivity index (χ3v) is 2.77. The van der Waals surface area contributed by atoms with Crippen LogP contribution < -0.4 is 5.32 Å². The first-order valence-electron chi connectivity index (χ1n) is 6.32. The minimum Gasteiger partial charge on any atom is -0.449 e. The zero-order chi connectivity index (χ0) is 12.5. The quantitative estimate of drug-likeness (QED) is 0.710. The minimum atomic E-state index is -0.210. The van der Waals surface area contributed by atoms with Crippen LogP contribution in [0.2, 0.25) is 0 Å². The van der Waals surface area contributed by atoms with Crippen molar-refractivity contribution in [2.24, 2.45) is 0 Å². The maximum atomic E-state index is 11.6. The van der Waals surface area contributed by atoms with E-state index in [-0.39, 0.29) is 11.9 Å². The van der Waals surface area contributed by atoms with Crippen LogP contribution in [0.3, 0.4) is 0 Å². The molecule has 1 saturated heterocycles. The van der Waals surface area contributed by atoms with Crippen molar-refractivity contribution in [1.29, 1.82) is 0 Å². The zero-order valence-corrected chi connectivity index (χ0v) is 10.5. The van der Waals surface area contributed by atoms with Crippen LogP contribution in [-0.4, -0.2) is 49.6 Å². The summed E-state index contributed by atoms with van der Waals surface area (Å²) >= 11 is 0. The number of nitrogens with zero attached hydrogens (tertiary/aromatic N) is 1. The molecule has 0 saturated carbocycles. The summed E-state index contributed by atoms with van der Waals surface area (Å²) in [6, 6.07) is 0. The van der Waals surface area contributed by atoms with Gasteiger partial charge in [-0.05, 0) is 26.2 Å². The van der Waals surface area contributed by atoms with Gasteiger partial charge in [0.15, 0.2) is 0 Å². The van der Waals surface area contributed by atoms with E-state index in [0.29, 0.717) is 13.0 Å². The van der Waals surface area contributed by atoms with E-state index >= 15 is 0 Å². The van der Waals surface area contributed by atoms with E-state index in [1.807, 2.05) is 0 Å².